The summed E-state index contributed by atoms with van der Waals surface area (Å²) in [5.74, 6) is 0.268. The van der Waals surface area contributed by atoms with Crippen molar-refractivity contribution in [2.24, 2.45) is 5.92 Å². The first kappa shape index (κ1) is 9.00. The largest absolute Gasteiger partial charge is 0.458 e. The Morgan fingerprint density at radius 2 is 2.23 bits per heavy atom. The second-order valence-electron chi connectivity index (χ2n) is 4.93. The third-order valence-electron chi connectivity index (χ3n) is 2.62. The number of hydrogen-bond donors (Lipinski definition) is 0. The van der Waals surface area contributed by atoms with Crippen LogP contribution in [0.2, 0.25) is 0 Å². The summed E-state index contributed by atoms with van der Waals surface area (Å²) in [4.78, 5) is 11.7. The van der Waals surface area contributed by atoms with Crippen LogP contribution in [-0.2, 0) is 14.3 Å². The van der Waals surface area contributed by atoms with E-state index in [0.29, 0.717) is 12.5 Å². The van der Waals surface area contributed by atoms with Gasteiger partial charge in [-0.15, -0.1) is 0 Å². The summed E-state index contributed by atoms with van der Waals surface area (Å²) in [6, 6.07) is 0. The molecule has 0 aromatic carbocycles. The quantitative estimate of drug-likeness (QED) is 0.579. The smallest absolute Gasteiger partial charge is 0.339 e. The van der Waals surface area contributed by atoms with Crippen molar-refractivity contribution in [3.63, 3.8) is 0 Å². The molecule has 3 heteroatoms. The lowest BCUT2D eigenvalue weighted by atomic mass is 10.2. The molecule has 2 unspecified atom stereocenters. The summed E-state index contributed by atoms with van der Waals surface area (Å²) in [6.07, 6.45) is 1.88. The van der Waals surface area contributed by atoms with Gasteiger partial charge >= 0.3 is 5.97 Å². The van der Waals surface area contributed by atoms with Gasteiger partial charge in [-0.05, 0) is 33.6 Å². The van der Waals surface area contributed by atoms with Crippen LogP contribution < -0.4 is 0 Å². The van der Waals surface area contributed by atoms with Gasteiger partial charge in [0.15, 0.2) is 5.60 Å². The van der Waals surface area contributed by atoms with Crippen LogP contribution in [0.1, 0.15) is 33.6 Å². The van der Waals surface area contributed by atoms with Crippen molar-refractivity contribution in [2.75, 3.05) is 6.61 Å². The molecular weight excluding hydrogens is 168 g/mol. The van der Waals surface area contributed by atoms with E-state index in [2.05, 4.69) is 0 Å². The van der Waals surface area contributed by atoms with Crippen molar-refractivity contribution in [1.82, 2.24) is 0 Å². The zero-order valence-corrected chi connectivity index (χ0v) is 8.42. The number of ether oxygens (including phenoxy) is 2. The lowest BCUT2D eigenvalue weighted by molar-refractivity contribution is -0.170. The van der Waals surface area contributed by atoms with Gasteiger partial charge in [0.2, 0.25) is 0 Å². The van der Waals surface area contributed by atoms with Gasteiger partial charge in [-0.25, -0.2) is 4.79 Å². The second kappa shape index (κ2) is 2.47. The number of rotatable bonds is 1. The summed E-state index contributed by atoms with van der Waals surface area (Å²) in [6.45, 7) is 6.36. The molecule has 0 spiro atoms. The molecule has 0 aromatic rings. The van der Waals surface area contributed by atoms with E-state index in [-0.39, 0.29) is 5.97 Å². The van der Waals surface area contributed by atoms with Crippen molar-refractivity contribution >= 4 is 5.97 Å². The third-order valence-corrected chi connectivity index (χ3v) is 2.62. The van der Waals surface area contributed by atoms with Crippen LogP contribution >= 0.6 is 0 Å². The van der Waals surface area contributed by atoms with Crippen molar-refractivity contribution in [3.05, 3.63) is 0 Å². The van der Waals surface area contributed by atoms with Crippen LogP contribution in [0.5, 0.6) is 0 Å². The fraction of sp³-hybridized carbons (Fsp3) is 0.900. The summed E-state index contributed by atoms with van der Waals surface area (Å²) in [7, 11) is 0. The Balaban J connectivity index is 1.99. The molecule has 1 saturated carbocycles. The highest BCUT2D eigenvalue weighted by Gasteiger charge is 2.66. The minimum Gasteiger partial charge on any atom is -0.458 e. The minimum absolute atomic E-state index is 0.164. The fourth-order valence-corrected chi connectivity index (χ4v) is 1.88. The number of carbonyl (C=O) groups is 1. The van der Waals surface area contributed by atoms with Crippen molar-refractivity contribution in [3.8, 4) is 0 Å². The van der Waals surface area contributed by atoms with E-state index in [4.69, 9.17) is 9.47 Å². The molecule has 13 heavy (non-hydrogen) atoms. The normalized spacial score (nSPS) is 37.0. The molecule has 0 N–H and O–H groups in total. The molecule has 74 valence electrons. The van der Waals surface area contributed by atoms with E-state index in [1.165, 1.54) is 0 Å². The lowest BCUT2D eigenvalue weighted by Gasteiger charge is -2.22. The maximum Gasteiger partial charge on any atom is 0.339 e. The van der Waals surface area contributed by atoms with Gasteiger partial charge in [-0.2, -0.15) is 0 Å². The maximum absolute atomic E-state index is 11.7. The van der Waals surface area contributed by atoms with Gasteiger partial charge < -0.3 is 9.47 Å². The van der Waals surface area contributed by atoms with Crippen molar-refractivity contribution in [1.29, 1.82) is 0 Å². The highest BCUT2D eigenvalue weighted by Crippen LogP contribution is 2.54. The molecule has 2 rings (SSSR count). The monoisotopic (exact) mass is 184 g/mol. The summed E-state index contributed by atoms with van der Waals surface area (Å²) >= 11 is 0. The Morgan fingerprint density at radius 1 is 1.54 bits per heavy atom. The first-order valence-corrected chi connectivity index (χ1v) is 4.81. The Kier molecular flexibility index (Phi) is 1.71. The van der Waals surface area contributed by atoms with Crippen molar-refractivity contribution < 1.29 is 14.3 Å². The third kappa shape index (κ3) is 1.46. The molecular formula is C10H16O3. The minimum atomic E-state index is -0.534. The first-order valence-electron chi connectivity index (χ1n) is 4.81. The number of hydrogen-bond acceptors (Lipinski definition) is 3. The molecule has 2 aliphatic rings. The first-order chi connectivity index (χ1) is 5.94. The fourth-order valence-electron chi connectivity index (χ4n) is 1.88. The molecule has 1 heterocycles. The topological polar surface area (TPSA) is 35.5 Å². The SMILES string of the molecule is CC(C)(C)OC(=O)C12CC1CCO2. The summed E-state index contributed by atoms with van der Waals surface area (Å²) < 4.78 is 10.8. The molecule has 0 radical (unpaired) electrons. The molecule has 0 aromatic heterocycles. The zero-order chi connectivity index (χ0) is 9.69. The van der Waals surface area contributed by atoms with Crippen LogP contribution in [0.25, 0.3) is 0 Å². The lowest BCUT2D eigenvalue weighted by Crippen LogP contribution is -2.34. The van der Waals surface area contributed by atoms with Gasteiger partial charge in [0.25, 0.3) is 0 Å². The van der Waals surface area contributed by atoms with Gasteiger partial charge in [0.1, 0.15) is 5.60 Å². The second-order valence-corrected chi connectivity index (χ2v) is 4.93. The van der Waals surface area contributed by atoms with E-state index in [1.54, 1.807) is 0 Å². The Bertz CT molecular complexity index is 241. The standard InChI is InChI=1S/C10H16O3/c1-9(2,3)13-8(11)10-6-7(10)4-5-12-10/h7H,4-6H2,1-3H3. The molecule has 1 aliphatic carbocycles. The molecule has 0 amide bonds. The van der Waals surface area contributed by atoms with Crippen molar-refractivity contribution in [2.45, 2.75) is 44.8 Å². The van der Waals surface area contributed by atoms with E-state index in [0.717, 1.165) is 12.8 Å². The van der Waals surface area contributed by atoms with Gasteiger partial charge in [-0.1, -0.05) is 0 Å². The van der Waals surface area contributed by atoms with E-state index in [1.807, 2.05) is 20.8 Å². The zero-order valence-electron chi connectivity index (χ0n) is 8.42. The Morgan fingerprint density at radius 3 is 2.62 bits per heavy atom. The predicted molar refractivity (Wildman–Crippen MR) is 47.3 cm³/mol. The number of carbonyl (C=O) groups excluding carboxylic acids is 1. The molecule has 0 bridgehead atoms. The predicted octanol–water partition coefficient (Wildman–Crippen LogP) is 1.51. The van der Waals surface area contributed by atoms with Gasteiger partial charge in [-0.3, -0.25) is 0 Å². The molecule has 3 nitrogen and oxygen atoms in total. The Labute approximate surface area is 78.4 Å². The average molecular weight is 184 g/mol. The number of esters is 1. The Hall–Kier alpha value is -0.570. The van der Waals surface area contributed by atoms with E-state index in [9.17, 15) is 4.79 Å². The molecule has 2 fully saturated rings. The summed E-state index contributed by atoms with van der Waals surface area (Å²) in [5.41, 5.74) is -0.932. The van der Waals surface area contributed by atoms with Crippen LogP contribution in [-0.4, -0.2) is 23.8 Å². The molecule has 1 aliphatic heterocycles. The highest BCUT2D eigenvalue weighted by atomic mass is 16.6. The number of fused-ring (bicyclic) bond motifs is 1. The molecule has 2 atom stereocenters. The van der Waals surface area contributed by atoms with Crippen LogP contribution in [0.4, 0.5) is 0 Å². The molecule has 1 saturated heterocycles. The van der Waals surface area contributed by atoms with Crippen LogP contribution in [0.15, 0.2) is 0 Å². The van der Waals surface area contributed by atoms with Crippen LogP contribution in [0.3, 0.4) is 0 Å². The summed E-state index contributed by atoms with van der Waals surface area (Å²) in [5, 5.41) is 0. The van der Waals surface area contributed by atoms with Gasteiger partial charge in [0, 0.05) is 12.5 Å². The van der Waals surface area contributed by atoms with Gasteiger partial charge in [0.05, 0.1) is 0 Å². The van der Waals surface area contributed by atoms with E-state index < -0.39 is 11.2 Å². The van der Waals surface area contributed by atoms with E-state index >= 15 is 0 Å². The highest BCUT2D eigenvalue weighted by molar-refractivity contribution is 5.84. The maximum atomic E-state index is 11.7. The average Bonchev–Trinajstić information content (AvgIpc) is 2.52. The van der Waals surface area contributed by atoms with Crippen LogP contribution in [0, 0.1) is 5.92 Å².